The Balaban J connectivity index is 1.58. The molecule has 0 aromatic heterocycles. The van der Waals surface area contributed by atoms with Gasteiger partial charge in [0, 0.05) is 35.2 Å². The van der Waals surface area contributed by atoms with Gasteiger partial charge in [0.1, 0.15) is 17.2 Å². The molecule has 0 bridgehead atoms. The van der Waals surface area contributed by atoms with E-state index in [1.165, 1.54) is 12.1 Å². The summed E-state index contributed by atoms with van der Waals surface area (Å²) in [7, 11) is -2.20. The van der Waals surface area contributed by atoms with Gasteiger partial charge >= 0.3 is 0 Å². The van der Waals surface area contributed by atoms with Crippen molar-refractivity contribution in [1.29, 1.82) is 0 Å². The third-order valence-corrected chi connectivity index (χ3v) is 6.47. The lowest BCUT2D eigenvalue weighted by Gasteiger charge is -2.19. The molecule has 1 aliphatic heterocycles. The molecule has 0 aliphatic carbocycles. The van der Waals surface area contributed by atoms with Gasteiger partial charge in [-0.25, -0.2) is 13.6 Å². The molecule has 0 spiro atoms. The van der Waals surface area contributed by atoms with Crippen molar-refractivity contribution in [2.75, 3.05) is 18.6 Å². The highest BCUT2D eigenvalue weighted by Gasteiger charge is 2.33. The van der Waals surface area contributed by atoms with Crippen LogP contribution in [0, 0.1) is 0 Å². The maximum absolute atomic E-state index is 12.7. The average Bonchev–Trinajstić information content (AvgIpc) is 3.15. The first-order chi connectivity index (χ1) is 15.2. The number of hydrogen-bond acceptors (Lipinski definition) is 5. The fourth-order valence-corrected chi connectivity index (χ4v) is 4.36. The predicted octanol–water partition coefficient (Wildman–Crippen LogP) is 4.31. The summed E-state index contributed by atoms with van der Waals surface area (Å²) < 4.78 is 34.2. The van der Waals surface area contributed by atoms with Crippen LogP contribution >= 0.6 is 11.6 Å². The van der Waals surface area contributed by atoms with Gasteiger partial charge in [0.25, 0.3) is 0 Å². The molecule has 0 radical (unpaired) electrons. The Morgan fingerprint density at radius 3 is 2.28 bits per heavy atom. The number of rotatable bonds is 6. The van der Waals surface area contributed by atoms with Crippen LogP contribution in [0.15, 0.2) is 71.6 Å². The van der Waals surface area contributed by atoms with Gasteiger partial charge in [0.15, 0.2) is 0 Å². The monoisotopic (exact) mass is 472 g/mol. The Bertz CT molecular complexity index is 1240. The summed E-state index contributed by atoms with van der Waals surface area (Å²) in [6.07, 6.45) is 0.289. The number of nitrogens with zero attached hydrogens (tertiary/aromatic N) is 1. The van der Waals surface area contributed by atoms with Crippen LogP contribution in [0.3, 0.4) is 0 Å². The van der Waals surface area contributed by atoms with Gasteiger partial charge in [-0.3, -0.25) is 4.79 Å². The quantitative estimate of drug-likeness (QED) is 0.576. The standard InChI is InChI=1S/C23H21ClN2O5S/c1-30-18-5-7-19(8-6-18)31-22-13-16(24)2-11-21(22)15-12-23(27)26(14-15)17-3-9-20(10-4-17)32(25,28)29/h2-11,13,15H,12,14H2,1H3,(H2,25,28,29)/t15-/m0/s1. The Hall–Kier alpha value is -3.07. The van der Waals surface area contributed by atoms with Crippen LogP contribution in [-0.2, 0) is 14.8 Å². The predicted molar refractivity (Wildman–Crippen MR) is 122 cm³/mol. The first-order valence-corrected chi connectivity index (χ1v) is 11.7. The number of anilines is 1. The molecule has 1 amide bonds. The van der Waals surface area contributed by atoms with Gasteiger partial charge in [0.2, 0.25) is 15.9 Å². The maximum Gasteiger partial charge on any atom is 0.238 e. The summed E-state index contributed by atoms with van der Waals surface area (Å²) >= 11 is 6.21. The number of methoxy groups -OCH3 is 1. The molecule has 3 aromatic carbocycles. The first-order valence-electron chi connectivity index (χ1n) is 9.79. The van der Waals surface area contributed by atoms with E-state index >= 15 is 0 Å². The fraction of sp³-hybridized carbons (Fsp3) is 0.174. The van der Waals surface area contributed by atoms with Crippen LogP contribution in [0.25, 0.3) is 0 Å². The minimum absolute atomic E-state index is 0.00248. The second kappa shape index (κ2) is 8.82. The second-order valence-electron chi connectivity index (χ2n) is 7.40. The molecule has 9 heteroatoms. The van der Waals surface area contributed by atoms with Crippen LogP contribution in [0.4, 0.5) is 5.69 Å². The molecule has 7 nitrogen and oxygen atoms in total. The third kappa shape index (κ3) is 4.72. The second-order valence-corrected chi connectivity index (χ2v) is 9.40. The van der Waals surface area contributed by atoms with Crippen molar-refractivity contribution < 1.29 is 22.7 Å². The van der Waals surface area contributed by atoms with E-state index in [2.05, 4.69) is 0 Å². The number of ether oxygens (including phenoxy) is 2. The molecular weight excluding hydrogens is 452 g/mol. The number of primary sulfonamides is 1. The summed E-state index contributed by atoms with van der Waals surface area (Å²) in [5.41, 5.74) is 1.47. The smallest absolute Gasteiger partial charge is 0.238 e. The van der Waals surface area contributed by atoms with Crippen molar-refractivity contribution in [1.82, 2.24) is 0 Å². The SMILES string of the molecule is COc1ccc(Oc2cc(Cl)ccc2[C@H]2CC(=O)N(c3ccc(S(N)(=O)=O)cc3)C2)cc1. The molecule has 166 valence electrons. The van der Waals surface area contributed by atoms with E-state index in [0.29, 0.717) is 34.5 Å². The number of sulfonamides is 1. The fourth-order valence-electron chi connectivity index (χ4n) is 3.69. The van der Waals surface area contributed by atoms with E-state index in [9.17, 15) is 13.2 Å². The molecule has 1 atom stereocenters. The molecular formula is C23H21ClN2O5S. The Labute approximate surface area is 191 Å². The molecule has 1 saturated heterocycles. The molecule has 0 unspecified atom stereocenters. The molecule has 2 N–H and O–H groups in total. The van der Waals surface area contributed by atoms with Gasteiger partial charge in [-0.1, -0.05) is 17.7 Å². The molecule has 1 fully saturated rings. The molecule has 0 saturated carbocycles. The zero-order valence-electron chi connectivity index (χ0n) is 17.2. The van der Waals surface area contributed by atoms with Crippen molar-refractivity contribution >= 4 is 33.2 Å². The zero-order chi connectivity index (χ0) is 22.9. The molecule has 3 aromatic rings. The summed E-state index contributed by atoms with van der Waals surface area (Å²) in [4.78, 5) is 14.4. The van der Waals surface area contributed by atoms with Gasteiger partial charge in [-0.05, 0) is 60.7 Å². The van der Waals surface area contributed by atoms with Crippen molar-refractivity contribution in [2.24, 2.45) is 5.14 Å². The number of halogens is 1. The largest absolute Gasteiger partial charge is 0.497 e. The minimum atomic E-state index is -3.79. The van der Waals surface area contributed by atoms with Crippen LogP contribution < -0.4 is 19.5 Å². The maximum atomic E-state index is 12.7. The van der Waals surface area contributed by atoms with E-state index in [1.54, 1.807) is 60.5 Å². The van der Waals surface area contributed by atoms with Crippen LogP contribution in [0.5, 0.6) is 17.2 Å². The van der Waals surface area contributed by atoms with E-state index in [1.807, 2.05) is 6.07 Å². The Kier molecular flexibility index (Phi) is 6.10. The number of hydrogen-bond donors (Lipinski definition) is 1. The molecule has 1 heterocycles. The average molecular weight is 473 g/mol. The van der Waals surface area contributed by atoms with E-state index in [0.717, 1.165) is 5.56 Å². The lowest BCUT2D eigenvalue weighted by Crippen LogP contribution is -2.24. The number of nitrogens with two attached hydrogens (primary N) is 1. The van der Waals surface area contributed by atoms with Crippen molar-refractivity contribution in [3.8, 4) is 17.2 Å². The van der Waals surface area contributed by atoms with E-state index in [-0.39, 0.29) is 23.1 Å². The van der Waals surface area contributed by atoms with Gasteiger partial charge < -0.3 is 14.4 Å². The van der Waals surface area contributed by atoms with Crippen LogP contribution in [0.2, 0.25) is 5.02 Å². The molecule has 32 heavy (non-hydrogen) atoms. The normalized spacial score (nSPS) is 16.3. The number of amides is 1. The van der Waals surface area contributed by atoms with E-state index < -0.39 is 10.0 Å². The van der Waals surface area contributed by atoms with Crippen molar-refractivity contribution in [3.05, 3.63) is 77.3 Å². The lowest BCUT2D eigenvalue weighted by molar-refractivity contribution is -0.117. The number of benzene rings is 3. The highest BCUT2D eigenvalue weighted by atomic mass is 35.5. The van der Waals surface area contributed by atoms with Gasteiger partial charge in [-0.2, -0.15) is 0 Å². The Morgan fingerprint density at radius 1 is 1.00 bits per heavy atom. The van der Waals surface area contributed by atoms with Crippen LogP contribution in [0.1, 0.15) is 17.9 Å². The van der Waals surface area contributed by atoms with Crippen LogP contribution in [-0.4, -0.2) is 28.0 Å². The number of carbonyl (C=O) groups is 1. The highest BCUT2D eigenvalue weighted by molar-refractivity contribution is 7.89. The molecule has 1 aliphatic rings. The summed E-state index contributed by atoms with van der Waals surface area (Å²) in [6, 6.07) is 18.5. The minimum Gasteiger partial charge on any atom is -0.497 e. The van der Waals surface area contributed by atoms with Gasteiger partial charge in [0.05, 0.1) is 12.0 Å². The third-order valence-electron chi connectivity index (χ3n) is 5.30. The molecule has 4 rings (SSSR count). The summed E-state index contributed by atoms with van der Waals surface area (Å²) in [5, 5.41) is 5.68. The number of carbonyl (C=O) groups excluding carboxylic acids is 1. The van der Waals surface area contributed by atoms with Crippen molar-refractivity contribution in [3.63, 3.8) is 0 Å². The first kappa shape index (κ1) is 22.1. The van der Waals surface area contributed by atoms with Crippen molar-refractivity contribution in [2.45, 2.75) is 17.2 Å². The highest BCUT2D eigenvalue weighted by Crippen LogP contribution is 2.39. The summed E-state index contributed by atoms with van der Waals surface area (Å²) in [6.45, 7) is 0.425. The summed E-state index contributed by atoms with van der Waals surface area (Å²) in [5.74, 6) is 1.73. The lowest BCUT2D eigenvalue weighted by atomic mass is 9.97. The van der Waals surface area contributed by atoms with Gasteiger partial charge in [-0.15, -0.1) is 0 Å². The Morgan fingerprint density at radius 2 is 1.66 bits per heavy atom. The topological polar surface area (TPSA) is 98.9 Å². The van der Waals surface area contributed by atoms with E-state index in [4.69, 9.17) is 26.2 Å². The zero-order valence-corrected chi connectivity index (χ0v) is 18.8.